The Morgan fingerprint density at radius 1 is 1.16 bits per heavy atom. The van der Waals surface area contributed by atoms with Crippen molar-refractivity contribution in [3.63, 3.8) is 0 Å². The molecule has 2 aromatic carbocycles. The summed E-state index contributed by atoms with van der Waals surface area (Å²) in [4.78, 5) is 40.5. The molecule has 1 fully saturated rings. The van der Waals surface area contributed by atoms with Crippen LogP contribution >= 0.6 is 11.3 Å². The number of rotatable bonds is 4. The fraction of sp³-hybridized carbons (Fsp3) is 0.217. The first-order valence-electron chi connectivity index (χ1n) is 9.89. The number of nitrogens with one attached hydrogen (secondary N) is 1. The van der Waals surface area contributed by atoms with E-state index in [1.807, 2.05) is 47.7 Å². The van der Waals surface area contributed by atoms with Crippen molar-refractivity contribution in [1.29, 1.82) is 0 Å². The van der Waals surface area contributed by atoms with Gasteiger partial charge in [0.15, 0.2) is 5.78 Å². The minimum atomic E-state index is -1.13. The molecule has 1 N–H and O–H groups in total. The summed E-state index contributed by atoms with van der Waals surface area (Å²) in [6.45, 7) is 0.474. The summed E-state index contributed by atoms with van der Waals surface area (Å²) >= 11 is 1.36. The molecule has 3 aromatic rings. The Labute approximate surface area is 182 Å². The lowest BCUT2D eigenvalue weighted by molar-refractivity contribution is -0.384. The molecule has 1 saturated heterocycles. The maximum atomic E-state index is 13.8. The Balaban J connectivity index is 1.69. The Morgan fingerprint density at radius 2 is 1.90 bits per heavy atom. The second-order valence-electron chi connectivity index (χ2n) is 7.92. The van der Waals surface area contributed by atoms with Gasteiger partial charge in [0.1, 0.15) is 5.54 Å². The van der Waals surface area contributed by atoms with Gasteiger partial charge in [0, 0.05) is 35.8 Å². The number of benzene rings is 2. The van der Waals surface area contributed by atoms with Crippen molar-refractivity contribution in [3.05, 3.63) is 92.2 Å². The zero-order valence-corrected chi connectivity index (χ0v) is 17.5. The molecule has 8 heteroatoms. The summed E-state index contributed by atoms with van der Waals surface area (Å²) in [5.41, 5.74) is 1.18. The SMILES string of the molecule is CN1C[C@H](c2ccc([N+](=O)[O-])cc2)[C@@H](C(=O)c2cccs2)[C@@]12C(=O)Nc1ccccc12. The number of anilines is 1. The molecule has 0 saturated carbocycles. The van der Waals surface area contributed by atoms with Crippen molar-refractivity contribution in [1.82, 2.24) is 4.90 Å². The average Bonchev–Trinajstić information content (AvgIpc) is 3.47. The van der Waals surface area contributed by atoms with Crippen LogP contribution in [0.25, 0.3) is 0 Å². The lowest BCUT2D eigenvalue weighted by atomic mass is 9.71. The maximum Gasteiger partial charge on any atom is 0.269 e. The molecule has 0 aliphatic carbocycles. The molecule has 156 valence electrons. The third kappa shape index (κ3) is 2.75. The third-order valence-corrected chi connectivity index (χ3v) is 7.32. The zero-order chi connectivity index (χ0) is 21.8. The molecule has 2 aliphatic heterocycles. The van der Waals surface area contributed by atoms with Crippen LogP contribution in [-0.4, -0.2) is 35.1 Å². The van der Waals surface area contributed by atoms with Gasteiger partial charge in [-0.1, -0.05) is 36.4 Å². The Hall–Kier alpha value is -3.36. The van der Waals surface area contributed by atoms with Crippen molar-refractivity contribution < 1.29 is 14.5 Å². The summed E-state index contributed by atoms with van der Waals surface area (Å²) in [5.74, 6) is -1.26. The third-order valence-electron chi connectivity index (χ3n) is 6.44. The molecule has 1 spiro atoms. The van der Waals surface area contributed by atoms with E-state index in [0.29, 0.717) is 17.1 Å². The summed E-state index contributed by atoms with van der Waals surface area (Å²) in [7, 11) is 1.86. The number of Topliss-reactive ketones (excluding diaryl/α,β-unsaturated/α-hetero) is 1. The van der Waals surface area contributed by atoms with Gasteiger partial charge in [0.05, 0.1) is 15.7 Å². The van der Waals surface area contributed by atoms with Crippen molar-refractivity contribution in [2.75, 3.05) is 18.9 Å². The lowest BCUT2D eigenvalue weighted by Gasteiger charge is -2.35. The van der Waals surface area contributed by atoms with Gasteiger partial charge in [-0.3, -0.25) is 24.6 Å². The first-order chi connectivity index (χ1) is 14.9. The second-order valence-corrected chi connectivity index (χ2v) is 8.87. The summed E-state index contributed by atoms with van der Waals surface area (Å²) in [5, 5.41) is 15.9. The molecule has 3 atom stereocenters. The van der Waals surface area contributed by atoms with Gasteiger partial charge >= 0.3 is 0 Å². The van der Waals surface area contributed by atoms with Crippen LogP contribution in [0.15, 0.2) is 66.0 Å². The van der Waals surface area contributed by atoms with Crippen LogP contribution in [0.2, 0.25) is 0 Å². The van der Waals surface area contributed by atoms with Crippen molar-refractivity contribution in [2.24, 2.45) is 5.92 Å². The van der Waals surface area contributed by atoms with Gasteiger partial charge in [-0.15, -0.1) is 11.3 Å². The number of para-hydroxylation sites is 1. The Kier molecular flexibility index (Phi) is 4.49. The smallest absolute Gasteiger partial charge is 0.269 e. The number of amides is 1. The molecule has 0 radical (unpaired) electrons. The number of nitrogens with zero attached hydrogens (tertiary/aromatic N) is 2. The van der Waals surface area contributed by atoms with Crippen LogP contribution in [0.5, 0.6) is 0 Å². The first kappa shape index (κ1) is 19.6. The number of carbonyl (C=O) groups is 2. The largest absolute Gasteiger partial charge is 0.324 e. The van der Waals surface area contributed by atoms with Gasteiger partial charge in [-0.05, 0) is 30.1 Å². The number of hydrogen-bond acceptors (Lipinski definition) is 6. The number of nitro benzene ring substituents is 1. The number of ketones is 1. The van der Waals surface area contributed by atoms with Crippen LogP contribution in [0.1, 0.15) is 26.7 Å². The fourth-order valence-corrected chi connectivity index (χ4v) is 5.81. The van der Waals surface area contributed by atoms with Crippen LogP contribution in [0, 0.1) is 16.0 Å². The quantitative estimate of drug-likeness (QED) is 0.381. The van der Waals surface area contributed by atoms with Crippen molar-refractivity contribution in [3.8, 4) is 0 Å². The highest BCUT2D eigenvalue weighted by molar-refractivity contribution is 7.12. The number of thiophene rings is 1. The molecule has 3 heterocycles. The normalized spacial score (nSPS) is 24.9. The van der Waals surface area contributed by atoms with E-state index in [-0.39, 0.29) is 23.3 Å². The number of fused-ring (bicyclic) bond motifs is 2. The van der Waals surface area contributed by atoms with E-state index in [1.165, 1.54) is 23.5 Å². The van der Waals surface area contributed by atoms with Gasteiger partial charge in [-0.25, -0.2) is 0 Å². The highest BCUT2D eigenvalue weighted by Crippen LogP contribution is 2.55. The maximum absolute atomic E-state index is 13.8. The number of likely N-dealkylation sites (N-methyl/N-ethyl adjacent to an activating group) is 1. The van der Waals surface area contributed by atoms with E-state index in [2.05, 4.69) is 5.32 Å². The molecule has 7 nitrogen and oxygen atoms in total. The van der Waals surface area contributed by atoms with E-state index < -0.39 is 16.4 Å². The van der Waals surface area contributed by atoms with Gasteiger partial charge in [-0.2, -0.15) is 0 Å². The highest BCUT2D eigenvalue weighted by Gasteiger charge is 2.64. The average molecular weight is 433 g/mol. The van der Waals surface area contributed by atoms with Gasteiger partial charge in [0.25, 0.3) is 5.69 Å². The van der Waals surface area contributed by atoms with E-state index >= 15 is 0 Å². The highest BCUT2D eigenvalue weighted by atomic mass is 32.1. The molecular weight excluding hydrogens is 414 g/mol. The number of non-ortho nitro benzene ring substituents is 1. The van der Waals surface area contributed by atoms with Crippen molar-refractivity contribution in [2.45, 2.75) is 11.5 Å². The Morgan fingerprint density at radius 3 is 2.58 bits per heavy atom. The molecule has 0 unspecified atom stereocenters. The van der Waals surface area contributed by atoms with Gasteiger partial charge < -0.3 is 5.32 Å². The summed E-state index contributed by atoms with van der Waals surface area (Å²) in [6.07, 6.45) is 0. The van der Waals surface area contributed by atoms with Crippen LogP contribution in [0.3, 0.4) is 0 Å². The first-order valence-corrected chi connectivity index (χ1v) is 10.8. The molecule has 0 bridgehead atoms. The molecule has 2 aliphatic rings. The van der Waals surface area contributed by atoms with E-state index in [0.717, 1.165) is 11.1 Å². The number of carbonyl (C=O) groups excluding carboxylic acids is 2. The topological polar surface area (TPSA) is 92.5 Å². The minimum absolute atomic E-state index is 0.00472. The monoisotopic (exact) mass is 433 g/mol. The number of nitro groups is 1. The second kappa shape index (κ2) is 7.11. The predicted molar refractivity (Wildman–Crippen MR) is 117 cm³/mol. The molecule has 1 amide bonds. The molecule has 31 heavy (non-hydrogen) atoms. The van der Waals surface area contributed by atoms with E-state index in [4.69, 9.17) is 0 Å². The zero-order valence-electron chi connectivity index (χ0n) is 16.6. The minimum Gasteiger partial charge on any atom is -0.324 e. The summed E-state index contributed by atoms with van der Waals surface area (Å²) < 4.78 is 0. The van der Waals surface area contributed by atoms with Crippen LogP contribution in [0.4, 0.5) is 11.4 Å². The number of hydrogen-bond donors (Lipinski definition) is 1. The van der Waals surface area contributed by atoms with Crippen LogP contribution in [-0.2, 0) is 10.3 Å². The van der Waals surface area contributed by atoms with E-state index in [1.54, 1.807) is 18.2 Å². The van der Waals surface area contributed by atoms with Gasteiger partial charge in [0.2, 0.25) is 5.91 Å². The lowest BCUT2D eigenvalue weighted by Crippen LogP contribution is -2.51. The number of likely N-dealkylation sites (tertiary alicyclic amines) is 1. The molecular formula is C23H19N3O4S. The fourth-order valence-electron chi connectivity index (χ4n) is 5.11. The van der Waals surface area contributed by atoms with E-state index in [9.17, 15) is 19.7 Å². The van der Waals surface area contributed by atoms with Crippen molar-refractivity contribution >= 4 is 34.4 Å². The predicted octanol–water partition coefficient (Wildman–Crippen LogP) is 4.03. The standard InChI is InChI=1S/C23H19N3O4S/c1-25-13-16(14-8-10-15(11-9-14)26(29)30)20(21(27)19-7-4-12-31-19)23(25)17-5-2-3-6-18(17)24-22(23)28/h2-12,16,20H,13H2,1H3,(H,24,28)/t16-,20+,23+/m1/s1. The summed E-state index contributed by atoms with van der Waals surface area (Å²) in [6, 6.07) is 17.4. The Bertz CT molecular complexity index is 1190. The van der Waals surface area contributed by atoms with Crippen LogP contribution < -0.4 is 5.32 Å². The molecule has 1 aromatic heterocycles. The molecule has 5 rings (SSSR count).